The molecule has 4 atom stereocenters. The quantitative estimate of drug-likeness (QED) is 0.110. The molecule has 0 aromatic rings. The number of nitrogens with one attached hydrogen (secondary N) is 2. The molecular formula is C30H48N8NaO12S2-. The predicted octanol–water partition coefficient (Wildman–Crippen LogP) is -3.57. The van der Waals surface area contributed by atoms with Crippen LogP contribution in [0.3, 0.4) is 0 Å². The molecule has 2 aliphatic carbocycles. The first-order valence-electron chi connectivity index (χ1n) is 17.8. The van der Waals surface area contributed by atoms with Gasteiger partial charge in [-0.15, -0.1) is 4.28 Å². The normalized spacial score (nSPS) is 30.0. The SMILES string of the molecule is CCN1CC2(CC(NC(=O)[C@@H]3CC[C@@H]4CN3C(=O)N4OS(=O)(=O)O)C2)C1.CCN1CC2(CC(NC(=O)[C@@H]3CC[C@@H]4CN3C(=O)N4O[S-](=O)=O)C2)C1.[Na+].[OH-]. The second kappa shape index (κ2) is 15.9. The number of hydroxylamine groups is 4. The number of carbonyl (C=O) groups is 4. The Hall–Kier alpha value is -1.86. The molecule has 6 aliphatic heterocycles. The van der Waals surface area contributed by atoms with Crippen LogP contribution < -0.4 is 40.2 Å². The number of rotatable bonds is 10. The van der Waals surface area contributed by atoms with Gasteiger partial charge in [0.05, 0.1) is 23.1 Å². The van der Waals surface area contributed by atoms with Crippen molar-refractivity contribution >= 4 is 45.3 Å². The summed E-state index contributed by atoms with van der Waals surface area (Å²) >= 11 is 0. The van der Waals surface area contributed by atoms with E-state index in [1.165, 1.54) is 9.80 Å². The second-order valence-corrected chi connectivity index (χ2v) is 17.2. The Morgan fingerprint density at radius 3 is 1.55 bits per heavy atom. The van der Waals surface area contributed by atoms with Gasteiger partial charge in [0, 0.05) is 51.4 Å². The Bertz CT molecular complexity index is 1600. The summed E-state index contributed by atoms with van der Waals surface area (Å²) in [6.45, 7) is 11.4. The summed E-state index contributed by atoms with van der Waals surface area (Å²) in [5.41, 5.74) is 0.743. The van der Waals surface area contributed by atoms with Crippen LogP contribution in [-0.2, 0) is 48.0 Å². The van der Waals surface area contributed by atoms with Gasteiger partial charge < -0.3 is 48.4 Å². The molecule has 0 aromatic heterocycles. The van der Waals surface area contributed by atoms with Crippen LogP contribution in [0.1, 0.15) is 65.2 Å². The van der Waals surface area contributed by atoms with E-state index in [2.05, 4.69) is 42.8 Å². The van der Waals surface area contributed by atoms with E-state index < -0.39 is 51.6 Å². The summed E-state index contributed by atoms with van der Waals surface area (Å²) < 4.78 is 61.0. The molecule has 294 valence electrons. The van der Waals surface area contributed by atoms with Crippen molar-refractivity contribution in [1.29, 1.82) is 0 Å². The summed E-state index contributed by atoms with van der Waals surface area (Å²) in [6.07, 6.45) is 5.90. The van der Waals surface area contributed by atoms with Gasteiger partial charge in [-0.1, -0.05) is 13.8 Å². The first-order valence-corrected chi connectivity index (χ1v) is 20.2. The third kappa shape index (κ3) is 8.47. The maximum atomic E-state index is 12.6. The first kappa shape index (κ1) is 42.3. The largest absolute Gasteiger partial charge is 1.00 e. The number of fused-ring (bicyclic) bond motifs is 4. The molecule has 0 aromatic carbocycles. The number of likely N-dealkylation sites (tertiary alicyclic amines) is 2. The Morgan fingerprint density at radius 2 is 1.17 bits per heavy atom. The fraction of sp³-hybridized carbons (Fsp3) is 0.867. The van der Waals surface area contributed by atoms with E-state index in [1.807, 2.05) is 0 Å². The predicted molar refractivity (Wildman–Crippen MR) is 177 cm³/mol. The van der Waals surface area contributed by atoms with E-state index >= 15 is 0 Å². The molecule has 6 heterocycles. The molecule has 6 amide bonds. The number of carbonyl (C=O) groups excluding carboxylic acids is 4. The summed E-state index contributed by atoms with van der Waals surface area (Å²) in [6, 6.07) is -2.87. The molecule has 6 saturated heterocycles. The Morgan fingerprint density at radius 1 is 0.774 bits per heavy atom. The van der Waals surface area contributed by atoms with Gasteiger partial charge in [0.25, 0.3) is 0 Å². The molecule has 4 N–H and O–H groups in total. The first-order chi connectivity index (χ1) is 24.1. The van der Waals surface area contributed by atoms with Crippen LogP contribution in [0.5, 0.6) is 0 Å². The van der Waals surface area contributed by atoms with Crippen LogP contribution in [0.15, 0.2) is 0 Å². The van der Waals surface area contributed by atoms with Crippen molar-refractivity contribution in [2.45, 2.75) is 101 Å². The standard InChI is InChI=1S/C15H24N4O6S.C15H23N4O5S.Na.H2O/c1-2-17-8-15(9-17)5-10(6-15)16-13(20)12-4-3-11-7-18(12)14(21)19(11)25-26(22,23)24;1-2-17-8-15(9-17)5-10(6-15)16-13(20)12-4-3-11-7-18(12)14(21)19(11)24-25(22)23;;/h10-12H,2-9H2,1H3,(H,16,20)(H,22,23,24);10-12H,2-9H2,1H3,(H,16,20);;1H2/q;-1;+1;/p-1/t2*11-,12+;;/m11../s1. The minimum Gasteiger partial charge on any atom is -0.870 e. The Balaban J connectivity index is 0.000000197. The molecule has 8 rings (SSSR count). The van der Waals surface area contributed by atoms with Gasteiger partial charge in [0.15, 0.2) is 0 Å². The third-order valence-corrected chi connectivity index (χ3v) is 12.7. The van der Waals surface area contributed by atoms with E-state index in [9.17, 15) is 36.0 Å². The summed E-state index contributed by atoms with van der Waals surface area (Å²) in [5, 5.41) is 7.64. The van der Waals surface area contributed by atoms with Crippen LogP contribution >= 0.6 is 0 Å². The summed E-state index contributed by atoms with van der Waals surface area (Å²) in [7, 11) is -7.57. The van der Waals surface area contributed by atoms with Gasteiger partial charge in [0.2, 0.25) is 11.8 Å². The van der Waals surface area contributed by atoms with E-state index in [-0.39, 0.29) is 71.5 Å². The van der Waals surface area contributed by atoms with E-state index in [0.29, 0.717) is 48.1 Å². The molecule has 8 aliphatic rings. The number of nitrogens with zero attached hydrogens (tertiary/aromatic N) is 6. The van der Waals surface area contributed by atoms with Crippen molar-refractivity contribution in [2.75, 3.05) is 52.4 Å². The zero-order valence-corrected chi connectivity index (χ0v) is 33.9. The minimum absolute atomic E-state index is 0. The van der Waals surface area contributed by atoms with Crippen LogP contribution in [0.25, 0.3) is 0 Å². The monoisotopic (exact) mass is 799 g/mol. The summed E-state index contributed by atoms with van der Waals surface area (Å²) in [4.78, 5) is 57.4. The van der Waals surface area contributed by atoms with Crippen LogP contribution in [0.2, 0.25) is 0 Å². The van der Waals surface area contributed by atoms with Crippen molar-refractivity contribution in [3.8, 4) is 0 Å². The summed E-state index contributed by atoms with van der Waals surface area (Å²) in [5.74, 6) is -0.333. The number of hydrogen-bond donors (Lipinski definition) is 3. The molecule has 4 bridgehead atoms. The van der Waals surface area contributed by atoms with E-state index in [1.54, 1.807) is 0 Å². The van der Waals surface area contributed by atoms with Gasteiger partial charge in [-0.2, -0.15) is 13.5 Å². The van der Waals surface area contributed by atoms with Crippen molar-refractivity contribution in [2.24, 2.45) is 10.8 Å². The smallest absolute Gasteiger partial charge is 0.870 e. The van der Waals surface area contributed by atoms with Gasteiger partial charge in [-0.25, -0.2) is 14.7 Å². The Labute approximate surface area is 332 Å². The second-order valence-electron chi connectivity index (χ2n) is 15.6. The minimum atomic E-state index is -4.77. The molecule has 53 heavy (non-hydrogen) atoms. The average molecular weight is 800 g/mol. The third-order valence-electron chi connectivity index (χ3n) is 12.1. The van der Waals surface area contributed by atoms with Gasteiger partial charge in [0.1, 0.15) is 12.1 Å². The van der Waals surface area contributed by atoms with Crippen LogP contribution in [0.4, 0.5) is 9.59 Å². The maximum absolute atomic E-state index is 12.6. The molecule has 23 heteroatoms. The van der Waals surface area contributed by atoms with Crippen molar-refractivity contribution in [3.05, 3.63) is 0 Å². The molecule has 0 radical (unpaired) electrons. The topological polar surface area (TPSA) is 249 Å². The fourth-order valence-electron chi connectivity index (χ4n) is 9.71. The Kier molecular flexibility index (Phi) is 12.7. The number of urea groups is 2. The molecule has 8 fully saturated rings. The molecule has 2 spiro atoms. The zero-order chi connectivity index (χ0) is 36.5. The van der Waals surface area contributed by atoms with Crippen LogP contribution in [0, 0.1) is 10.8 Å². The van der Waals surface area contributed by atoms with Crippen LogP contribution in [-0.4, -0.2) is 161 Å². The van der Waals surface area contributed by atoms with Crippen molar-refractivity contribution in [3.63, 3.8) is 0 Å². The van der Waals surface area contributed by atoms with Gasteiger partial charge in [-0.3, -0.25) is 14.1 Å². The average Bonchev–Trinajstić information content (AvgIpc) is 3.37. The molecule has 2 saturated carbocycles. The van der Waals surface area contributed by atoms with E-state index in [0.717, 1.165) is 70.0 Å². The zero-order valence-electron chi connectivity index (χ0n) is 30.3. The van der Waals surface area contributed by atoms with Crippen molar-refractivity contribution < 1.29 is 84.2 Å². The number of hydrogen-bond acceptors (Lipinski definition) is 14. The molecule has 20 nitrogen and oxygen atoms in total. The molecule has 0 unspecified atom stereocenters. The van der Waals surface area contributed by atoms with Gasteiger partial charge >= 0.3 is 52.0 Å². The number of piperidine rings is 2. The molecular weight excluding hydrogens is 751 g/mol. The fourth-order valence-corrected chi connectivity index (χ4v) is 10.4. The van der Waals surface area contributed by atoms with Gasteiger partial charge in [-0.05, 0) is 75.3 Å². The van der Waals surface area contributed by atoms with E-state index in [4.69, 9.17) is 4.55 Å². The number of amides is 6. The van der Waals surface area contributed by atoms with Crippen molar-refractivity contribution in [1.82, 2.24) is 40.4 Å². The maximum Gasteiger partial charge on any atom is 1.00 e.